The van der Waals surface area contributed by atoms with Crippen LogP contribution in [0.3, 0.4) is 0 Å². The van der Waals surface area contributed by atoms with Gasteiger partial charge in [-0.1, -0.05) is 0 Å². The number of hydrogen-bond acceptors (Lipinski definition) is 4. The molecular weight excluding hydrogens is 210 g/mol. The van der Waals surface area contributed by atoms with E-state index < -0.39 is 11.7 Å². The molecule has 16 heavy (non-hydrogen) atoms. The Morgan fingerprint density at radius 3 is 2.31 bits per heavy atom. The fourth-order valence-electron chi connectivity index (χ4n) is 0.917. The van der Waals surface area contributed by atoms with Gasteiger partial charge in [0.15, 0.2) is 0 Å². The molecule has 0 fully saturated rings. The predicted octanol–water partition coefficient (Wildman–Crippen LogP) is 0.540. The Kier molecular flexibility index (Phi) is 5.81. The largest absolute Gasteiger partial charge is 0.443 e. The van der Waals surface area contributed by atoms with Gasteiger partial charge in [-0.15, -0.1) is 0 Å². The lowest BCUT2D eigenvalue weighted by Crippen LogP contribution is -2.46. The van der Waals surface area contributed by atoms with Crippen molar-refractivity contribution in [1.29, 1.82) is 0 Å². The Hall–Kier alpha value is -1.30. The number of amides is 2. The zero-order chi connectivity index (χ0) is 12.8. The fourth-order valence-corrected chi connectivity index (χ4v) is 0.917. The lowest BCUT2D eigenvalue weighted by Gasteiger charge is -2.21. The van der Waals surface area contributed by atoms with E-state index in [0.717, 1.165) is 0 Å². The molecule has 0 aromatic heterocycles. The topological polar surface area (TPSA) is 79.5 Å². The molecule has 3 N–H and O–H groups in total. The third-order valence-corrected chi connectivity index (χ3v) is 1.59. The van der Waals surface area contributed by atoms with Gasteiger partial charge in [0.2, 0.25) is 5.91 Å². The summed E-state index contributed by atoms with van der Waals surface area (Å²) in [6.07, 6.45) is -0.275. The maximum Gasteiger partial charge on any atom is 0.422 e. The van der Waals surface area contributed by atoms with Crippen LogP contribution in [0.25, 0.3) is 0 Å². The number of ether oxygens (including phenoxy) is 1. The summed E-state index contributed by atoms with van der Waals surface area (Å²) in [5.74, 6) is -0.0917. The third kappa shape index (κ3) is 8.05. The Morgan fingerprint density at radius 2 is 1.88 bits per heavy atom. The summed E-state index contributed by atoms with van der Waals surface area (Å²) in [5, 5.41) is 2.50. The monoisotopic (exact) mass is 231 g/mol. The molecule has 0 rings (SSSR count). The second kappa shape index (κ2) is 6.32. The summed E-state index contributed by atoms with van der Waals surface area (Å²) in [7, 11) is 1.57. The molecule has 6 heteroatoms. The van der Waals surface area contributed by atoms with Crippen molar-refractivity contribution in [1.82, 2.24) is 16.2 Å². The van der Waals surface area contributed by atoms with Gasteiger partial charge in [0.25, 0.3) is 0 Å². The lowest BCUT2D eigenvalue weighted by atomic mass is 10.2. The molecule has 0 unspecified atom stereocenters. The van der Waals surface area contributed by atoms with E-state index in [0.29, 0.717) is 0 Å². The molecule has 0 spiro atoms. The van der Waals surface area contributed by atoms with Crippen molar-refractivity contribution in [3.8, 4) is 0 Å². The molecule has 0 saturated carbocycles. The first-order valence-electron chi connectivity index (χ1n) is 5.19. The molecule has 0 aromatic rings. The zero-order valence-corrected chi connectivity index (χ0v) is 10.5. The van der Waals surface area contributed by atoms with E-state index in [1.54, 1.807) is 34.7 Å². The van der Waals surface area contributed by atoms with Crippen LogP contribution in [0.5, 0.6) is 0 Å². The molecule has 0 aliphatic heterocycles. The Bertz CT molecular complexity index is 248. The van der Waals surface area contributed by atoms with Gasteiger partial charge in [0.05, 0.1) is 0 Å². The quantitative estimate of drug-likeness (QED) is 0.617. The summed E-state index contributed by atoms with van der Waals surface area (Å²) in [5.41, 5.74) is 4.53. The highest BCUT2D eigenvalue weighted by atomic mass is 16.6. The minimum atomic E-state index is -0.559. The van der Waals surface area contributed by atoms with Gasteiger partial charge in [0.1, 0.15) is 5.60 Å². The number of hydrogen-bond donors (Lipinski definition) is 3. The minimum absolute atomic E-state index is 0.0917. The van der Waals surface area contributed by atoms with Gasteiger partial charge >= 0.3 is 6.09 Å². The average Bonchev–Trinajstić information content (AvgIpc) is 2.12. The first-order chi connectivity index (χ1) is 7.24. The molecule has 2 amide bonds. The van der Waals surface area contributed by atoms with E-state index in [1.165, 1.54) is 0 Å². The normalized spacial score (nSPS) is 12.8. The number of carbonyl (C=O) groups is 2. The van der Waals surface area contributed by atoms with Crippen LogP contribution in [0.15, 0.2) is 0 Å². The van der Waals surface area contributed by atoms with Crippen LogP contribution >= 0.6 is 0 Å². The first-order valence-corrected chi connectivity index (χ1v) is 5.19. The lowest BCUT2D eigenvalue weighted by molar-refractivity contribution is -0.121. The molecule has 0 heterocycles. The smallest absolute Gasteiger partial charge is 0.422 e. The van der Waals surface area contributed by atoms with E-state index in [4.69, 9.17) is 4.74 Å². The number of nitrogens with one attached hydrogen (secondary N) is 3. The van der Waals surface area contributed by atoms with Crippen molar-refractivity contribution in [2.24, 2.45) is 0 Å². The van der Waals surface area contributed by atoms with Gasteiger partial charge in [-0.25, -0.2) is 10.2 Å². The summed E-state index contributed by atoms with van der Waals surface area (Å²) in [6.45, 7) is 7.12. The van der Waals surface area contributed by atoms with Crippen LogP contribution in [0, 0.1) is 0 Å². The van der Waals surface area contributed by atoms with Crippen molar-refractivity contribution in [3.05, 3.63) is 0 Å². The van der Waals surface area contributed by atoms with Gasteiger partial charge in [-0.05, 0) is 27.7 Å². The standard InChI is InChI=1S/C10H21N3O3/c1-7(6-8(14)11-5)12-13-9(15)16-10(2,3)4/h7,12H,6H2,1-5H3,(H,11,14)(H,13,15)/t7-/m0/s1. The van der Waals surface area contributed by atoms with Gasteiger partial charge in [-0.2, -0.15) is 0 Å². The highest BCUT2D eigenvalue weighted by Crippen LogP contribution is 2.05. The second-order valence-electron chi connectivity index (χ2n) is 4.55. The maximum atomic E-state index is 11.2. The summed E-state index contributed by atoms with van der Waals surface area (Å²) in [6, 6.07) is -0.160. The Morgan fingerprint density at radius 1 is 1.31 bits per heavy atom. The van der Waals surface area contributed by atoms with Gasteiger partial charge in [-0.3, -0.25) is 10.2 Å². The van der Waals surface area contributed by atoms with E-state index in [2.05, 4.69) is 16.2 Å². The average molecular weight is 231 g/mol. The highest BCUT2D eigenvalue weighted by Gasteiger charge is 2.16. The SMILES string of the molecule is CNC(=O)C[C@H](C)NNC(=O)OC(C)(C)C. The molecule has 94 valence electrons. The van der Waals surface area contributed by atoms with E-state index >= 15 is 0 Å². The molecule has 0 aliphatic rings. The Labute approximate surface area is 96.1 Å². The summed E-state index contributed by atoms with van der Waals surface area (Å²) >= 11 is 0. The van der Waals surface area contributed by atoms with E-state index in [1.807, 2.05) is 0 Å². The fraction of sp³-hybridized carbons (Fsp3) is 0.800. The molecule has 0 bridgehead atoms. The third-order valence-electron chi connectivity index (χ3n) is 1.59. The maximum absolute atomic E-state index is 11.2. The zero-order valence-electron chi connectivity index (χ0n) is 10.5. The first kappa shape index (κ1) is 14.7. The molecule has 0 aliphatic carbocycles. The second-order valence-corrected chi connectivity index (χ2v) is 4.55. The van der Waals surface area contributed by atoms with Gasteiger partial charge in [0, 0.05) is 19.5 Å². The van der Waals surface area contributed by atoms with Crippen molar-refractivity contribution in [2.75, 3.05) is 7.05 Å². The van der Waals surface area contributed by atoms with Gasteiger partial charge < -0.3 is 10.1 Å². The van der Waals surface area contributed by atoms with Crippen molar-refractivity contribution >= 4 is 12.0 Å². The number of carbonyl (C=O) groups excluding carboxylic acids is 2. The summed E-state index contributed by atoms with van der Waals surface area (Å²) < 4.78 is 5.01. The predicted molar refractivity (Wildman–Crippen MR) is 60.7 cm³/mol. The van der Waals surface area contributed by atoms with Crippen LogP contribution in [-0.4, -0.2) is 30.7 Å². The van der Waals surface area contributed by atoms with E-state index in [-0.39, 0.29) is 18.4 Å². The molecule has 0 saturated heterocycles. The number of rotatable bonds is 4. The minimum Gasteiger partial charge on any atom is -0.443 e. The summed E-state index contributed by atoms with van der Waals surface area (Å²) in [4.78, 5) is 22.2. The van der Waals surface area contributed by atoms with E-state index in [9.17, 15) is 9.59 Å². The molecule has 0 aromatic carbocycles. The van der Waals surface area contributed by atoms with Crippen LogP contribution in [0.2, 0.25) is 0 Å². The molecule has 6 nitrogen and oxygen atoms in total. The van der Waals surface area contributed by atoms with Crippen LogP contribution < -0.4 is 16.2 Å². The van der Waals surface area contributed by atoms with Crippen LogP contribution in [0.1, 0.15) is 34.1 Å². The Balaban J connectivity index is 3.79. The van der Waals surface area contributed by atoms with Crippen LogP contribution in [-0.2, 0) is 9.53 Å². The molecular formula is C10H21N3O3. The van der Waals surface area contributed by atoms with Crippen LogP contribution in [0.4, 0.5) is 4.79 Å². The molecule has 0 radical (unpaired) electrons. The highest BCUT2D eigenvalue weighted by molar-refractivity contribution is 5.76. The van der Waals surface area contributed by atoms with Crippen molar-refractivity contribution in [2.45, 2.75) is 45.8 Å². The molecule has 1 atom stereocenters. The van der Waals surface area contributed by atoms with Crippen molar-refractivity contribution in [3.63, 3.8) is 0 Å². The number of hydrazine groups is 1. The van der Waals surface area contributed by atoms with Crippen molar-refractivity contribution < 1.29 is 14.3 Å².